The minimum atomic E-state index is -0.602. The number of fused-ring (bicyclic) bond motifs is 1. The fourth-order valence-electron chi connectivity index (χ4n) is 3.10. The van der Waals surface area contributed by atoms with E-state index in [9.17, 15) is 9.59 Å². The Morgan fingerprint density at radius 3 is 2.56 bits per heavy atom. The van der Waals surface area contributed by atoms with E-state index in [1.165, 1.54) is 11.1 Å². The van der Waals surface area contributed by atoms with E-state index in [2.05, 4.69) is 22.0 Å². The summed E-state index contributed by atoms with van der Waals surface area (Å²) >= 11 is 0. The van der Waals surface area contributed by atoms with Crippen LogP contribution in [0.1, 0.15) is 23.6 Å². The molecule has 0 spiro atoms. The van der Waals surface area contributed by atoms with Gasteiger partial charge in [-0.25, -0.2) is 0 Å². The molecular weight excluding hydrogens is 342 g/mol. The molecular formula is C21H25N3O3. The monoisotopic (exact) mass is 367 g/mol. The third kappa shape index (κ3) is 4.86. The summed E-state index contributed by atoms with van der Waals surface area (Å²) < 4.78 is 5.12. The van der Waals surface area contributed by atoms with Crippen LogP contribution < -0.4 is 20.7 Å². The Kier molecular flexibility index (Phi) is 6.08. The van der Waals surface area contributed by atoms with E-state index in [-0.39, 0.29) is 17.9 Å². The molecule has 0 aliphatic carbocycles. The molecule has 2 aromatic carbocycles. The summed E-state index contributed by atoms with van der Waals surface area (Å²) in [5.41, 5.74) is 3.35. The molecule has 2 amide bonds. The van der Waals surface area contributed by atoms with E-state index < -0.39 is 6.04 Å². The summed E-state index contributed by atoms with van der Waals surface area (Å²) in [6.07, 6.45) is 0.627. The first-order chi connectivity index (χ1) is 13.1. The minimum Gasteiger partial charge on any atom is -0.497 e. The molecule has 1 aliphatic heterocycles. The first-order valence-corrected chi connectivity index (χ1v) is 9.08. The van der Waals surface area contributed by atoms with Crippen molar-refractivity contribution in [3.63, 3.8) is 0 Å². The van der Waals surface area contributed by atoms with Crippen molar-refractivity contribution in [2.75, 3.05) is 7.11 Å². The predicted octanol–water partition coefficient (Wildman–Crippen LogP) is 1.53. The van der Waals surface area contributed by atoms with Gasteiger partial charge in [0.25, 0.3) is 0 Å². The maximum absolute atomic E-state index is 12.5. The van der Waals surface area contributed by atoms with Gasteiger partial charge in [0.05, 0.1) is 13.2 Å². The molecule has 3 N–H and O–H groups in total. The number of carbonyl (C=O) groups excluding carboxylic acids is 2. The predicted molar refractivity (Wildman–Crippen MR) is 103 cm³/mol. The lowest BCUT2D eigenvalue weighted by atomic mass is 9.95. The molecule has 0 aromatic heterocycles. The Morgan fingerprint density at radius 2 is 1.85 bits per heavy atom. The number of hydrogen-bond acceptors (Lipinski definition) is 4. The molecule has 0 unspecified atom stereocenters. The third-order valence-corrected chi connectivity index (χ3v) is 4.78. The van der Waals surface area contributed by atoms with Gasteiger partial charge >= 0.3 is 0 Å². The second-order valence-corrected chi connectivity index (χ2v) is 6.70. The van der Waals surface area contributed by atoms with Gasteiger partial charge in [-0.3, -0.25) is 9.59 Å². The summed E-state index contributed by atoms with van der Waals surface area (Å²) in [4.78, 5) is 24.8. The van der Waals surface area contributed by atoms with E-state index in [0.717, 1.165) is 11.3 Å². The van der Waals surface area contributed by atoms with Crippen LogP contribution in [0.15, 0.2) is 48.5 Å². The average Bonchev–Trinajstić information content (AvgIpc) is 2.71. The van der Waals surface area contributed by atoms with Crippen molar-refractivity contribution in [2.24, 2.45) is 0 Å². The van der Waals surface area contributed by atoms with Gasteiger partial charge in [-0.1, -0.05) is 36.4 Å². The number of carbonyl (C=O) groups is 2. The summed E-state index contributed by atoms with van der Waals surface area (Å²) in [6.45, 7) is 2.75. The second-order valence-electron chi connectivity index (χ2n) is 6.70. The topological polar surface area (TPSA) is 79.5 Å². The van der Waals surface area contributed by atoms with E-state index in [4.69, 9.17) is 4.74 Å². The van der Waals surface area contributed by atoms with Gasteiger partial charge in [-0.05, 0) is 42.2 Å². The zero-order chi connectivity index (χ0) is 19.2. The van der Waals surface area contributed by atoms with Crippen LogP contribution in [0.4, 0.5) is 0 Å². The minimum absolute atomic E-state index is 0.156. The van der Waals surface area contributed by atoms with Crippen LogP contribution in [0, 0.1) is 0 Å². The summed E-state index contributed by atoms with van der Waals surface area (Å²) in [5.74, 6) is 0.402. The number of ether oxygens (including phenoxy) is 1. The number of nitrogens with one attached hydrogen (secondary N) is 3. The maximum atomic E-state index is 12.5. The van der Waals surface area contributed by atoms with Crippen LogP contribution in [-0.4, -0.2) is 31.0 Å². The molecule has 6 heteroatoms. The fraction of sp³-hybridized carbons (Fsp3) is 0.333. The summed E-state index contributed by atoms with van der Waals surface area (Å²) in [7, 11) is 1.61. The molecule has 6 nitrogen and oxygen atoms in total. The number of methoxy groups -OCH3 is 1. The number of benzene rings is 2. The Balaban J connectivity index is 1.48. The molecule has 0 radical (unpaired) electrons. The zero-order valence-corrected chi connectivity index (χ0v) is 15.6. The van der Waals surface area contributed by atoms with Gasteiger partial charge in [-0.2, -0.15) is 0 Å². The molecule has 0 saturated carbocycles. The van der Waals surface area contributed by atoms with Gasteiger partial charge in [0, 0.05) is 13.1 Å². The van der Waals surface area contributed by atoms with Crippen LogP contribution >= 0.6 is 0 Å². The SMILES string of the molecule is COc1ccc(CNC(=O)[C@H](C)NC(=O)[C@H]2Cc3ccccc3CN2)cc1. The number of amides is 2. The molecule has 0 bridgehead atoms. The smallest absolute Gasteiger partial charge is 0.242 e. The molecule has 0 saturated heterocycles. The molecule has 0 fully saturated rings. The third-order valence-electron chi connectivity index (χ3n) is 4.78. The van der Waals surface area contributed by atoms with Crippen molar-refractivity contribution in [1.29, 1.82) is 0 Å². The van der Waals surface area contributed by atoms with Crippen LogP contribution in [-0.2, 0) is 29.1 Å². The van der Waals surface area contributed by atoms with Crippen LogP contribution in [0.25, 0.3) is 0 Å². The van der Waals surface area contributed by atoms with E-state index in [0.29, 0.717) is 19.5 Å². The average molecular weight is 367 g/mol. The quantitative estimate of drug-likeness (QED) is 0.723. The Morgan fingerprint density at radius 1 is 1.15 bits per heavy atom. The van der Waals surface area contributed by atoms with Crippen LogP contribution in [0.2, 0.25) is 0 Å². The molecule has 27 heavy (non-hydrogen) atoms. The molecule has 1 heterocycles. The van der Waals surface area contributed by atoms with Crippen LogP contribution in [0.3, 0.4) is 0 Å². The standard InChI is InChI=1S/C21H25N3O3/c1-14(20(25)23-12-15-7-9-18(27-2)10-8-15)24-21(26)19-11-16-5-3-4-6-17(16)13-22-19/h3-10,14,19,22H,11-13H2,1-2H3,(H,23,25)(H,24,26)/t14-,19+/m0/s1. The molecule has 142 valence electrons. The van der Waals surface area contributed by atoms with Crippen molar-refractivity contribution in [1.82, 2.24) is 16.0 Å². The first kappa shape index (κ1) is 18.9. The fourth-order valence-corrected chi connectivity index (χ4v) is 3.10. The number of hydrogen-bond donors (Lipinski definition) is 3. The van der Waals surface area contributed by atoms with Gasteiger partial charge in [-0.15, -0.1) is 0 Å². The lowest BCUT2D eigenvalue weighted by Gasteiger charge is -2.26. The normalized spacial score (nSPS) is 16.7. The Hall–Kier alpha value is -2.86. The Labute approximate surface area is 159 Å². The van der Waals surface area contributed by atoms with E-state index in [1.54, 1.807) is 14.0 Å². The molecule has 3 rings (SSSR count). The van der Waals surface area contributed by atoms with Crippen LogP contribution in [0.5, 0.6) is 5.75 Å². The molecule has 2 atom stereocenters. The van der Waals surface area contributed by atoms with Crippen molar-refractivity contribution >= 4 is 11.8 Å². The van der Waals surface area contributed by atoms with Crippen molar-refractivity contribution in [2.45, 2.75) is 38.5 Å². The van der Waals surface area contributed by atoms with Crippen molar-refractivity contribution in [3.8, 4) is 5.75 Å². The van der Waals surface area contributed by atoms with Gasteiger partial charge in [0.2, 0.25) is 11.8 Å². The Bertz CT molecular complexity index is 805. The summed E-state index contributed by atoms with van der Waals surface area (Å²) in [5, 5.41) is 8.88. The second kappa shape index (κ2) is 8.68. The van der Waals surface area contributed by atoms with Crippen molar-refractivity contribution < 1.29 is 14.3 Å². The van der Waals surface area contributed by atoms with Gasteiger partial charge in [0.1, 0.15) is 11.8 Å². The zero-order valence-electron chi connectivity index (χ0n) is 15.6. The lowest BCUT2D eigenvalue weighted by molar-refractivity contribution is -0.129. The number of rotatable bonds is 6. The van der Waals surface area contributed by atoms with Gasteiger partial charge < -0.3 is 20.7 Å². The van der Waals surface area contributed by atoms with E-state index >= 15 is 0 Å². The van der Waals surface area contributed by atoms with E-state index in [1.807, 2.05) is 42.5 Å². The van der Waals surface area contributed by atoms with Gasteiger partial charge in [0.15, 0.2) is 0 Å². The highest BCUT2D eigenvalue weighted by Crippen LogP contribution is 2.16. The molecule has 2 aromatic rings. The molecule has 1 aliphatic rings. The lowest BCUT2D eigenvalue weighted by Crippen LogP contribution is -2.53. The highest BCUT2D eigenvalue weighted by atomic mass is 16.5. The van der Waals surface area contributed by atoms with Crippen molar-refractivity contribution in [3.05, 3.63) is 65.2 Å². The summed E-state index contributed by atoms with van der Waals surface area (Å²) in [6, 6.07) is 14.6. The maximum Gasteiger partial charge on any atom is 0.242 e. The largest absolute Gasteiger partial charge is 0.497 e. The highest BCUT2D eigenvalue weighted by Gasteiger charge is 2.26. The highest BCUT2D eigenvalue weighted by molar-refractivity contribution is 5.89. The first-order valence-electron chi connectivity index (χ1n) is 9.08.